The van der Waals surface area contributed by atoms with Crippen molar-refractivity contribution in [2.24, 2.45) is 0 Å². The van der Waals surface area contributed by atoms with Gasteiger partial charge in [-0.25, -0.2) is 24.0 Å². The number of ether oxygens (including phenoxy) is 11. The standard InChI is InChI=1S/C26H30N2O6.C25H28N2O6.C18H24N2O4.C7H4.C6H2.C5H4.CH3I.CH4/c1-17-23(24(29)31-4)21-12-8-9-13-22(21)28(17)18(2)25-32-15-20(16-33-25)27(3)26(30)34-14-19-10-6-5-7-11-19;1-16-22(23(28)30-3)20-11-7-8-12-21(20)27(16)17(2)24-31-14-19(15-32-24)26-25(29)33-13-18-9-5-4-6-10-18;1-11-16(17(21)22-4)14-7-5-6-8-15(14)20(11)12(2)18-23-9-13(19-3)10-24-18;1-3-5-7-6-4-2;1-3-5-6-4-2;1-3-5-4-2;1-2;/h5-13,18,20,25H,14-16H2,1-4H3;4-12,17,19,24H,13-15H2,1-3H3,(H,26,29);5-8,12-13,18-19H,9-10H2,1-4H3;1H,2H3;1-2H;1H,2H3;1H3;1H4/t18-,20?,25?;17-,19?,24?;12-,13?,18?;;;;;/m111...../s1. The summed E-state index contributed by atoms with van der Waals surface area (Å²) in [5, 5.41) is 8.47. The Balaban J connectivity index is 0.000000317. The Labute approximate surface area is 672 Å². The molecule has 0 bridgehead atoms. The molecule has 3 saturated heterocycles. The van der Waals surface area contributed by atoms with E-state index in [9.17, 15) is 24.0 Å². The third-order valence-corrected chi connectivity index (χ3v) is 17.5. The minimum absolute atomic E-state index is 0. The number of alkyl halides is 1. The van der Waals surface area contributed by atoms with Gasteiger partial charge in [-0.1, -0.05) is 157 Å². The van der Waals surface area contributed by atoms with Gasteiger partial charge in [0.05, 0.1) is 114 Å². The Kier molecular flexibility index (Phi) is 41.2. The van der Waals surface area contributed by atoms with Gasteiger partial charge in [-0.2, -0.15) is 0 Å². The van der Waals surface area contributed by atoms with Crippen LogP contribution in [0.5, 0.6) is 0 Å². The van der Waals surface area contributed by atoms with Crippen LogP contribution in [0.1, 0.15) is 119 Å². The van der Waals surface area contributed by atoms with Crippen molar-refractivity contribution in [3.05, 3.63) is 178 Å². The number of esters is 3. The summed E-state index contributed by atoms with van der Waals surface area (Å²) in [4.78, 5) is 65.2. The summed E-state index contributed by atoms with van der Waals surface area (Å²) < 4.78 is 67.5. The van der Waals surface area contributed by atoms with Crippen LogP contribution in [-0.2, 0) is 65.3 Å². The molecule has 3 aromatic heterocycles. The maximum Gasteiger partial charge on any atom is 0.410 e. The molecule has 8 aromatic rings. The average molecular weight is 1640 g/mol. The quantitative estimate of drug-likeness (QED) is 0.0301. The second kappa shape index (κ2) is 49.7. The number of rotatable bonds is 16. The number of fused-ring (bicyclic) bond motifs is 3. The van der Waals surface area contributed by atoms with Crippen molar-refractivity contribution in [1.29, 1.82) is 0 Å². The number of hydrogen-bond acceptors (Lipinski definition) is 17. The monoisotopic (exact) mass is 1630 g/mol. The number of hydrogen-bond donors (Lipinski definition) is 2. The fourth-order valence-corrected chi connectivity index (χ4v) is 12.2. The van der Waals surface area contributed by atoms with Crippen molar-refractivity contribution in [1.82, 2.24) is 29.2 Å². The number of amides is 2. The van der Waals surface area contributed by atoms with Gasteiger partial charge >= 0.3 is 30.1 Å². The molecule has 0 saturated carbocycles. The third-order valence-electron chi connectivity index (χ3n) is 17.5. The largest absolute Gasteiger partial charge is 0.465 e. The van der Waals surface area contributed by atoms with Crippen molar-refractivity contribution < 1.29 is 76.1 Å². The third kappa shape index (κ3) is 25.9. The predicted octanol–water partition coefficient (Wildman–Crippen LogP) is 13.8. The SMILES string of the molecule is C.C#CC#CC.C#CC#CC#C.C#CC#CC#CC.CI.CNC1COC([C@@H](C)n2c(C)c(C(=O)OC)c3ccccc32)OC1.COC(=O)c1c(C)n([C@H](C)C2OCC(N(C)C(=O)OCc3ccccc3)CO2)c2ccccc12.COC(=O)c1c(C)n([C@H](C)C2OCC(NC(=O)OCc3ccccc3)CO2)c2ccccc12. The second-order valence-corrected chi connectivity index (χ2v) is 24.4. The minimum Gasteiger partial charge on any atom is -0.465 e. The number of halogens is 1. The van der Waals surface area contributed by atoms with E-state index in [4.69, 9.17) is 77.8 Å². The summed E-state index contributed by atoms with van der Waals surface area (Å²) in [5.41, 5.74) is 8.74. The lowest BCUT2D eigenvalue weighted by Gasteiger charge is -2.37. The molecule has 22 nitrogen and oxygen atoms in total. The number of carbonyl (C=O) groups excluding carboxylic acids is 5. The number of carbonyl (C=O) groups is 5. The van der Waals surface area contributed by atoms with E-state index >= 15 is 0 Å². The first-order chi connectivity index (χ1) is 53.7. The van der Waals surface area contributed by atoms with E-state index in [0.717, 1.165) is 60.9 Å². The molecule has 3 fully saturated rings. The Morgan fingerprint density at radius 3 is 1.11 bits per heavy atom. The molecular weight excluding hydrogens is 1540 g/mol. The number of likely N-dealkylation sites (N-methyl/N-ethyl adjacent to an activating group) is 2. The number of terminal acetylenes is 4. The molecule has 0 radical (unpaired) electrons. The second-order valence-electron chi connectivity index (χ2n) is 24.4. The predicted molar refractivity (Wildman–Crippen MR) is 444 cm³/mol. The summed E-state index contributed by atoms with van der Waals surface area (Å²) in [5.74, 6) is 26.6. The summed E-state index contributed by atoms with van der Waals surface area (Å²) in [7, 11) is 7.74. The number of nitrogens with zero attached hydrogens (tertiary/aromatic N) is 4. The van der Waals surface area contributed by atoms with E-state index in [2.05, 4.69) is 109 Å². The Hall–Kier alpha value is -11.4. The van der Waals surface area contributed by atoms with Crippen LogP contribution in [0.15, 0.2) is 133 Å². The van der Waals surface area contributed by atoms with E-state index in [-0.39, 0.29) is 94.3 Å². The highest BCUT2D eigenvalue weighted by Gasteiger charge is 2.36. The molecule has 0 spiro atoms. The maximum absolute atomic E-state index is 12.5. The fourth-order valence-electron chi connectivity index (χ4n) is 12.2. The Morgan fingerprint density at radius 2 is 0.786 bits per heavy atom. The highest BCUT2D eigenvalue weighted by molar-refractivity contribution is 14.1. The van der Waals surface area contributed by atoms with Gasteiger partial charge in [0, 0.05) is 56.8 Å². The van der Waals surface area contributed by atoms with Crippen LogP contribution in [0.3, 0.4) is 0 Å². The van der Waals surface area contributed by atoms with Crippen LogP contribution in [0, 0.1) is 118 Å². The van der Waals surface area contributed by atoms with Crippen molar-refractivity contribution in [3.8, 4) is 96.7 Å². The molecular formula is C89H99IN6O16. The number of benzene rings is 5. The molecule has 6 heterocycles. The molecule has 5 aromatic carbocycles. The number of methoxy groups -OCH3 is 3. The van der Waals surface area contributed by atoms with E-state index in [0.29, 0.717) is 43.1 Å². The van der Waals surface area contributed by atoms with Crippen LogP contribution < -0.4 is 10.6 Å². The lowest BCUT2D eigenvalue weighted by atomic mass is 10.1. The molecule has 112 heavy (non-hydrogen) atoms. The Morgan fingerprint density at radius 1 is 0.473 bits per heavy atom. The van der Waals surface area contributed by atoms with Crippen LogP contribution in [-0.4, -0.2) is 166 Å². The first-order valence-electron chi connectivity index (χ1n) is 35.1. The summed E-state index contributed by atoms with van der Waals surface area (Å²) in [6, 6.07) is 41.4. The molecule has 588 valence electrons. The number of alkyl carbamates (subject to hydrolysis) is 1. The van der Waals surface area contributed by atoms with Gasteiger partial charge in [-0.05, 0) is 156 Å². The molecule has 2 amide bonds. The molecule has 2 N–H and O–H groups in total. The van der Waals surface area contributed by atoms with Crippen LogP contribution in [0.2, 0.25) is 0 Å². The van der Waals surface area contributed by atoms with Gasteiger partial charge in [0.15, 0.2) is 18.9 Å². The van der Waals surface area contributed by atoms with E-state index in [1.54, 1.807) is 20.9 Å². The highest BCUT2D eigenvalue weighted by atomic mass is 127. The molecule has 3 aliphatic rings. The number of para-hydroxylation sites is 3. The lowest BCUT2D eigenvalue weighted by Crippen LogP contribution is -2.49. The topological polar surface area (TPSA) is 229 Å². The minimum atomic E-state index is -0.539. The van der Waals surface area contributed by atoms with Crippen LogP contribution >= 0.6 is 22.6 Å². The van der Waals surface area contributed by atoms with Gasteiger partial charge in [0.1, 0.15) is 13.2 Å². The fraction of sp³-hybridized carbons (Fsp3) is 0.360. The smallest absolute Gasteiger partial charge is 0.410 e. The lowest BCUT2D eigenvalue weighted by molar-refractivity contribution is -0.217. The van der Waals surface area contributed by atoms with E-state index < -0.39 is 24.8 Å². The van der Waals surface area contributed by atoms with Gasteiger partial charge in [0.2, 0.25) is 0 Å². The zero-order chi connectivity index (χ0) is 81.4. The van der Waals surface area contributed by atoms with Crippen molar-refractivity contribution in [2.75, 3.05) is 80.0 Å². The molecule has 3 atom stereocenters. The molecule has 0 unspecified atom stereocenters. The molecule has 11 rings (SSSR count). The zero-order valence-corrected chi connectivity index (χ0v) is 67.2. The normalized spacial score (nSPS) is 16.8. The van der Waals surface area contributed by atoms with Gasteiger partial charge in [-0.3, -0.25) is 0 Å². The maximum atomic E-state index is 12.5. The first-order valence-corrected chi connectivity index (χ1v) is 37.2. The first kappa shape index (κ1) is 93.0. The molecule has 3 aliphatic heterocycles. The van der Waals surface area contributed by atoms with Crippen LogP contribution in [0.25, 0.3) is 32.7 Å². The molecule has 0 aliphatic carbocycles. The zero-order valence-electron chi connectivity index (χ0n) is 65.1. The van der Waals surface area contributed by atoms with Gasteiger partial charge in [-0.15, -0.1) is 25.7 Å². The van der Waals surface area contributed by atoms with Gasteiger partial charge in [0.25, 0.3) is 0 Å². The summed E-state index contributed by atoms with van der Waals surface area (Å²) in [6.45, 7) is 18.0. The average Bonchev–Trinajstić information content (AvgIpc) is 1.62. The van der Waals surface area contributed by atoms with Crippen molar-refractivity contribution in [3.63, 3.8) is 0 Å². The van der Waals surface area contributed by atoms with Gasteiger partial charge < -0.3 is 81.3 Å². The summed E-state index contributed by atoms with van der Waals surface area (Å²) in [6.07, 6.45) is 16.5. The van der Waals surface area contributed by atoms with Crippen molar-refractivity contribution >= 4 is 85.4 Å². The highest BCUT2D eigenvalue weighted by Crippen LogP contribution is 2.36. The van der Waals surface area contributed by atoms with E-state index in [1.165, 1.54) is 26.2 Å². The number of aromatic nitrogens is 3. The Bertz CT molecular complexity index is 4810. The van der Waals surface area contributed by atoms with E-state index in [1.807, 2.05) is 196 Å². The van der Waals surface area contributed by atoms with Crippen LogP contribution in [0.4, 0.5) is 9.59 Å². The molecule has 23 heteroatoms. The number of nitrogens with one attached hydrogen (secondary N) is 2. The summed E-state index contributed by atoms with van der Waals surface area (Å²) >= 11 is 2.15. The van der Waals surface area contributed by atoms with Crippen molar-refractivity contribution in [2.45, 2.75) is 131 Å².